The lowest BCUT2D eigenvalue weighted by Crippen LogP contribution is -2.35. The quantitative estimate of drug-likeness (QED) is 0.787. The average Bonchev–Trinajstić information content (AvgIpc) is 2.64. The van der Waals surface area contributed by atoms with Crippen LogP contribution in [0.25, 0.3) is 11.4 Å². The standard InChI is InChI=1S/C19H17ClN4O/c20-15-3-1-13(2-4-15)11-24-10-7-16-17(12-24)22-18(23-19(16)25)14-5-8-21-9-6-14/h1-6,8-9H,7,10-12H2,(H,22,23,25). The summed E-state index contributed by atoms with van der Waals surface area (Å²) >= 11 is 5.95. The van der Waals surface area contributed by atoms with E-state index in [1.54, 1.807) is 12.4 Å². The molecule has 0 saturated heterocycles. The Bertz CT molecular complexity index is 938. The summed E-state index contributed by atoms with van der Waals surface area (Å²) in [5, 5.41) is 0.739. The van der Waals surface area contributed by atoms with Gasteiger partial charge in [0.25, 0.3) is 5.56 Å². The van der Waals surface area contributed by atoms with Gasteiger partial charge in [-0.25, -0.2) is 4.98 Å². The van der Waals surface area contributed by atoms with Crippen LogP contribution in [0.15, 0.2) is 53.6 Å². The molecule has 0 radical (unpaired) electrons. The van der Waals surface area contributed by atoms with E-state index in [9.17, 15) is 4.79 Å². The highest BCUT2D eigenvalue weighted by Gasteiger charge is 2.21. The van der Waals surface area contributed by atoms with E-state index < -0.39 is 0 Å². The first-order chi connectivity index (χ1) is 12.2. The smallest absolute Gasteiger partial charge is 0.254 e. The molecule has 6 heteroatoms. The van der Waals surface area contributed by atoms with Gasteiger partial charge in [-0.05, 0) is 36.2 Å². The van der Waals surface area contributed by atoms with E-state index in [1.807, 2.05) is 36.4 Å². The zero-order valence-electron chi connectivity index (χ0n) is 13.6. The zero-order chi connectivity index (χ0) is 17.2. The van der Waals surface area contributed by atoms with Gasteiger partial charge in [0.2, 0.25) is 0 Å². The molecular weight excluding hydrogens is 336 g/mol. The first-order valence-corrected chi connectivity index (χ1v) is 8.56. The van der Waals surface area contributed by atoms with E-state index in [0.29, 0.717) is 18.8 Å². The third-order valence-electron chi connectivity index (χ3n) is 4.43. The summed E-state index contributed by atoms with van der Waals surface area (Å²) < 4.78 is 0. The predicted octanol–water partition coefficient (Wildman–Crippen LogP) is 3.04. The van der Waals surface area contributed by atoms with E-state index in [-0.39, 0.29) is 5.56 Å². The van der Waals surface area contributed by atoms with Crippen molar-refractivity contribution in [3.63, 3.8) is 0 Å². The summed E-state index contributed by atoms with van der Waals surface area (Å²) in [6, 6.07) is 11.6. The van der Waals surface area contributed by atoms with E-state index >= 15 is 0 Å². The number of nitrogens with zero attached hydrogens (tertiary/aromatic N) is 3. The second-order valence-corrected chi connectivity index (χ2v) is 6.60. The van der Waals surface area contributed by atoms with Gasteiger partial charge in [-0.2, -0.15) is 0 Å². The predicted molar refractivity (Wildman–Crippen MR) is 97.4 cm³/mol. The van der Waals surface area contributed by atoms with Crippen molar-refractivity contribution >= 4 is 11.6 Å². The molecule has 1 N–H and O–H groups in total. The summed E-state index contributed by atoms with van der Waals surface area (Å²) in [4.78, 5) is 26.3. The minimum absolute atomic E-state index is 0.0389. The van der Waals surface area contributed by atoms with E-state index in [0.717, 1.165) is 34.9 Å². The summed E-state index contributed by atoms with van der Waals surface area (Å²) in [6.45, 7) is 2.32. The van der Waals surface area contributed by atoms with Crippen molar-refractivity contribution < 1.29 is 0 Å². The monoisotopic (exact) mass is 352 g/mol. The molecule has 0 bridgehead atoms. The molecule has 1 aromatic carbocycles. The lowest BCUT2D eigenvalue weighted by Gasteiger charge is -2.27. The molecule has 0 atom stereocenters. The number of H-pyrrole nitrogens is 1. The first kappa shape index (κ1) is 16.0. The van der Waals surface area contributed by atoms with Crippen LogP contribution in [0.3, 0.4) is 0 Å². The lowest BCUT2D eigenvalue weighted by atomic mass is 10.1. The van der Waals surface area contributed by atoms with Crippen LogP contribution in [-0.4, -0.2) is 26.4 Å². The maximum Gasteiger partial charge on any atom is 0.254 e. The van der Waals surface area contributed by atoms with Crippen molar-refractivity contribution in [2.75, 3.05) is 6.54 Å². The number of benzene rings is 1. The van der Waals surface area contributed by atoms with Crippen LogP contribution >= 0.6 is 11.6 Å². The normalized spacial score (nSPS) is 14.3. The Morgan fingerprint density at radius 1 is 1.12 bits per heavy atom. The van der Waals surface area contributed by atoms with Gasteiger partial charge in [-0.3, -0.25) is 14.7 Å². The minimum Gasteiger partial charge on any atom is -0.306 e. The first-order valence-electron chi connectivity index (χ1n) is 8.18. The summed E-state index contributed by atoms with van der Waals surface area (Å²) in [7, 11) is 0. The van der Waals surface area contributed by atoms with Crippen LogP contribution in [0.5, 0.6) is 0 Å². The highest BCUT2D eigenvalue weighted by atomic mass is 35.5. The Morgan fingerprint density at radius 2 is 1.88 bits per heavy atom. The maximum absolute atomic E-state index is 12.4. The molecule has 4 rings (SSSR count). The van der Waals surface area contributed by atoms with Crippen molar-refractivity contribution in [2.45, 2.75) is 19.5 Å². The number of halogens is 1. The largest absolute Gasteiger partial charge is 0.306 e. The molecule has 3 heterocycles. The summed E-state index contributed by atoms with van der Waals surface area (Å²) in [5.74, 6) is 0.597. The van der Waals surface area contributed by atoms with Crippen molar-refractivity contribution in [2.24, 2.45) is 0 Å². The molecule has 0 amide bonds. The molecule has 0 saturated carbocycles. The van der Waals surface area contributed by atoms with Gasteiger partial charge in [-0.1, -0.05) is 23.7 Å². The zero-order valence-corrected chi connectivity index (χ0v) is 14.3. The second-order valence-electron chi connectivity index (χ2n) is 6.16. The molecule has 2 aromatic heterocycles. The molecule has 0 unspecified atom stereocenters. The number of pyridine rings is 1. The van der Waals surface area contributed by atoms with Crippen molar-refractivity contribution in [3.8, 4) is 11.4 Å². The van der Waals surface area contributed by atoms with Gasteiger partial charge in [0.15, 0.2) is 0 Å². The van der Waals surface area contributed by atoms with E-state index in [4.69, 9.17) is 16.6 Å². The van der Waals surface area contributed by atoms with Gasteiger partial charge >= 0.3 is 0 Å². The topological polar surface area (TPSA) is 61.9 Å². The van der Waals surface area contributed by atoms with Crippen LogP contribution < -0.4 is 5.56 Å². The SMILES string of the molecule is O=c1[nH]c(-c2ccncc2)nc2c1CCN(Cc1ccc(Cl)cc1)C2. The van der Waals surface area contributed by atoms with Crippen molar-refractivity contribution in [3.05, 3.63) is 81.0 Å². The van der Waals surface area contributed by atoms with Crippen LogP contribution in [-0.2, 0) is 19.5 Å². The Kier molecular flexibility index (Phi) is 4.34. The fourth-order valence-corrected chi connectivity index (χ4v) is 3.25. The van der Waals surface area contributed by atoms with Crippen LogP contribution in [0.2, 0.25) is 5.02 Å². The number of hydrogen-bond acceptors (Lipinski definition) is 4. The van der Waals surface area contributed by atoms with Gasteiger partial charge in [-0.15, -0.1) is 0 Å². The van der Waals surface area contributed by atoms with Gasteiger partial charge in [0, 0.05) is 48.2 Å². The van der Waals surface area contributed by atoms with Gasteiger partial charge in [0.05, 0.1) is 5.69 Å². The molecule has 0 spiro atoms. The van der Waals surface area contributed by atoms with Crippen molar-refractivity contribution in [1.29, 1.82) is 0 Å². The maximum atomic E-state index is 12.4. The molecule has 126 valence electrons. The lowest BCUT2D eigenvalue weighted by molar-refractivity contribution is 0.240. The molecule has 3 aromatic rings. The Labute approximate surface area is 150 Å². The summed E-state index contributed by atoms with van der Waals surface area (Å²) in [5.41, 5.74) is 3.68. The highest BCUT2D eigenvalue weighted by molar-refractivity contribution is 6.30. The Morgan fingerprint density at radius 3 is 2.64 bits per heavy atom. The van der Waals surface area contributed by atoms with Crippen LogP contribution in [0.1, 0.15) is 16.8 Å². The molecule has 1 aliphatic heterocycles. The molecule has 25 heavy (non-hydrogen) atoms. The second kappa shape index (κ2) is 6.78. The molecule has 0 fully saturated rings. The average molecular weight is 353 g/mol. The highest BCUT2D eigenvalue weighted by Crippen LogP contribution is 2.20. The van der Waals surface area contributed by atoms with Gasteiger partial charge in [0.1, 0.15) is 5.82 Å². The fourth-order valence-electron chi connectivity index (χ4n) is 3.12. The Hall–Kier alpha value is -2.50. The van der Waals surface area contributed by atoms with Crippen molar-refractivity contribution in [1.82, 2.24) is 19.9 Å². The number of aromatic amines is 1. The third kappa shape index (κ3) is 3.48. The molecule has 5 nitrogen and oxygen atoms in total. The van der Waals surface area contributed by atoms with E-state index in [2.05, 4.69) is 14.9 Å². The fraction of sp³-hybridized carbons (Fsp3) is 0.211. The molecule has 1 aliphatic rings. The van der Waals surface area contributed by atoms with E-state index in [1.165, 1.54) is 5.56 Å². The number of hydrogen-bond donors (Lipinski definition) is 1. The number of fused-ring (bicyclic) bond motifs is 1. The van der Waals surface area contributed by atoms with Crippen LogP contribution in [0, 0.1) is 0 Å². The van der Waals surface area contributed by atoms with Crippen LogP contribution in [0.4, 0.5) is 0 Å². The Balaban J connectivity index is 1.60. The minimum atomic E-state index is -0.0389. The number of aromatic nitrogens is 3. The number of nitrogens with one attached hydrogen (secondary N) is 1. The third-order valence-corrected chi connectivity index (χ3v) is 4.68. The molecule has 0 aliphatic carbocycles. The van der Waals surface area contributed by atoms with Gasteiger partial charge < -0.3 is 4.98 Å². The molecular formula is C19H17ClN4O. The number of rotatable bonds is 3. The summed E-state index contributed by atoms with van der Waals surface area (Å²) in [6.07, 6.45) is 4.10.